The number of benzene rings is 1. The lowest BCUT2D eigenvalue weighted by Gasteiger charge is -2.39. The van der Waals surface area contributed by atoms with E-state index < -0.39 is 0 Å². The monoisotopic (exact) mass is 246 g/mol. The van der Waals surface area contributed by atoms with Gasteiger partial charge in [0, 0.05) is 17.3 Å². The Hall–Kier alpha value is -1.56. The lowest BCUT2D eigenvalue weighted by Crippen LogP contribution is -2.38. The Morgan fingerprint density at radius 2 is 2.06 bits per heavy atom. The third-order valence-corrected chi connectivity index (χ3v) is 3.95. The molecule has 3 heteroatoms. The second kappa shape index (κ2) is 4.97. The normalized spacial score (nSPS) is 22.4. The van der Waals surface area contributed by atoms with E-state index in [2.05, 4.69) is 19.2 Å². The largest absolute Gasteiger partial charge is 0.382 e. The molecule has 18 heavy (non-hydrogen) atoms. The number of rotatable bonds is 3. The Morgan fingerprint density at radius 3 is 2.61 bits per heavy atom. The Kier molecular flexibility index (Phi) is 3.56. The van der Waals surface area contributed by atoms with Crippen LogP contribution in [-0.2, 0) is 0 Å². The summed E-state index contributed by atoms with van der Waals surface area (Å²) in [6.07, 6.45) is 2.27. The molecular formula is C15H19FN2. The van der Waals surface area contributed by atoms with E-state index in [-0.39, 0.29) is 5.82 Å². The maximum absolute atomic E-state index is 13.6. The second-order valence-corrected chi connectivity index (χ2v) is 5.56. The summed E-state index contributed by atoms with van der Waals surface area (Å²) in [5, 5.41) is 12.2. The highest BCUT2D eigenvalue weighted by atomic mass is 19.1. The predicted molar refractivity (Wildman–Crippen MR) is 70.8 cm³/mol. The first kappa shape index (κ1) is 12.9. The molecule has 0 unspecified atom stereocenters. The number of anilines is 1. The van der Waals surface area contributed by atoms with Crippen molar-refractivity contribution in [1.29, 1.82) is 5.26 Å². The first-order valence-corrected chi connectivity index (χ1v) is 6.48. The number of hydrogen-bond donors (Lipinski definition) is 1. The molecule has 1 aliphatic rings. The minimum Gasteiger partial charge on any atom is -0.382 e. The molecule has 0 heterocycles. The summed E-state index contributed by atoms with van der Waals surface area (Å²) in [6.45, 7) is 6.22. The van der Waals surface area contributed by atoms with E-state index in [0.29, 0.717) is 23.1 Å². The van der Waals surface area contributed by atoms with E-state index in [9.17, 15) is 4.39 Å². The van der Waals surface area contributed by atoms with Gasteiger partial charge in [-0.15, -0.1) is 0 Å². The van der Waals surface area contributed by atoms with Crippen molar-refractivity contribution in [3.05, 3.63) is 29.1 Å². The molecule has 0 amide bonds. The predicted octanol–water partition coefficient (Wildman–Crippen LogP) is 3.85. The van der Waals surface area contributed by atoms with Crippen molar-refractivity contribution in [3.8, 4) is 6.07 Å². The van der Waals surface area contributed by atoms with Crippen molar-refractivity contribution in [2.75, 3.05) is 5.32 Å². The summed E-state index contributed by atoms with van der Waals surface area (Å²) in [4.78, 5) is 0. The number of nitrogens with one attached hydrogen (secondary N) is 1. The Morgan fingerprint density at radius 1 is 1.39 bits per heavy atom. The minimum absolute atomic E-state index is 0.309. The zero-order valence-electron chi connectivity index (χ0n) is 11.1. The average molecular weight is 246 g/mol. The SMILES string of the molecule is Cc1c(F)cc(C#N)cc1NC1CC(C(C)C)C1. The quantitative estimate of drug-likeness (QED) is 0.879. The molecule has 2 nitrogen and oxygen atoms in total. The summed E-state index contributed by atoms with van der Waals surface area (Å²) < 4.78 is 13.6. The summed E-state index contributed by atoms with van der Waals surface area (Å²) in [6, 6.07) is 5.44. The van der Waals surface area contributed by atoms with Crippen LogP contribution >= 0.6 is 0 Å². The maximum Gasteiger partial charge on any atom is 0.129 e. The molecule has 1 aromatic carbocycles. The van der Waals surface area contributed by atoms with Gasteiger partial charge in [-0.1, -0.05) is 13.8 Å². The van der Waals surface area contributed by atoms with Gasteiger partial charge in [-0.25, -0.2) is 4.39 Å². The molecule has 0 saturated heterocycles. The van der Waals surface area contributed by atoms with E-state index in [1.807, 2.05) is 6.07 Å². The first-order chi connectivity index (χ1) is 8.51. The van der Waals surface area contributed by atoms with Crippen LogP contribution in [0.2, 0.25) is 0 Å². The molecular weight excluding hydrogens is 227 g/mol. The van der Waals surface area contributed by atoms with Gasteiger partial charge in [0.15, 0.2) is 0 Å². The van der Waals surface area contributed by atoms with Crippen LogP contribution in [0.3, 0.4) is 0 Å². The van der Waals surface area contributed by atoms with Gasteiger partial charge in [0.1, 0.15) is 5.82 Å². The first-order valence-electron chi connectivity index (χ1n) is 6.48. The van der Waals surface area contributed by atoms with E-state index >= 15 is 0 Å². The van der Waals surface area contributed by atoms with Gasteiger partial charge in [-0.2, -0.15) is 5.26 Å². The molecule has 96 valence electrons. The van der Waals surface area contributed by atoms with Gasteiger partial charge in [0.05, 0.1) is 11.6 Å². The van der Waals surface area contributed by atoms with Gasteiger partial charge in [0.25, 0.3) is 0 Å². The van der Waals surface area contributed by atoms with E-state index in [4.69, 9.17) is 5.26 Å². The van der Waals surface area contributed by atoms with Crippen molar-refractivity contribution < 1.29 is 4.39 Å². The highest BCUT2D eigenvalue weighted by Crippen LogP contribution is 2.36. The van der Waals surface area contributed by atoms with Gasteiger partial charge in [-0.3, -0.25) is 0 Å². The molecule has 2 rings (SSSR count). The van der Waals surface area contributed by atoms with Crippen LogP contribution in [0.15, 0.2) is 12.1 Å². The molecule has 0 aromatic heterocycles. The molecule has 0 atom stereocenters. The summed E-state index contributed by atoms with van der Waals surface area (Å²) in [7, 11) is 0. The molecule has 0 bridgehead atoms. The fourth-order valence-electron chi connectivity index (χ4n) is 2.44. The molecule has 0 aliphatic heterocycles. The van der Waals surface area contributed by atoms with Gasteiger partial charge < -0.3 is 5.32 Å². The van der Waals surface area contributed by atoms with E-state index in [1.54, 1.807) is 13.0 Å². The lowest BCUT2D eigenvalue weighted by molar-refractivity contribution is 0.211. The fraction of sp³-hybridized carbons (Fsp3) is 0.533. The van der Waals surface area contributed by atoms with Crippen LogP contribution in [0, 0.1) is 35.9 Å². The summed E-state index contributed by atoms with van der Waals surface area (Å²) >= 11 is 0. The maximum atomic E-state index is 13.6. The lowest BCUT2D eigenvalue weighted by atomic mass is 9.73. The molecule has 0 radical (unpaired) electrons. The number of halogens is 1. The molecule has 1 saturated carbocycles. The number of nitrogens with zero attached hydrogens (tertiary/aromatic N) is 1. The highest BCUT2D eigenvalue weighted by molar-refractivity contribution is 5.56. The van der Waals surface area contributed by atoms with Crippen LogP contribution < -0.4 is 5.32 Å². The average Bonchev–Trinajstić information content (AvgIpc) is 2.27. The van der Waals surface area contributed by atoms with Crippen LogP contribution in [0.25, 0.3) is 0 Å². The topological polar surface area (TPSA) is 35.8 Å². The third-order valence-electron chi connectivity index (χ3n) is 3.95. The van der Waals surface area contributed by atoms with Crippen molar-refractivity contribution in [2.24, 2.45) is 11.8 Å². The van der Waals surface area contributed by atoms with Crippen molar-refractivity contribution in [2.45, 2.75) is 39.7 Å². The zero-order valence-corrected chi connectivity index (χ0v) is 11.1. The van der Waals surface area contributed by atoms with E-state index in [1.165, 1.54) is 6.07 Å². The number of hydrogen-bond acceptors (Lipinski definition) is 2. The van der Waals surface area contributed by atoms with Crippen LogP contribution in [0.5, 0.6) is 0 Å². The van der Waals surface area contributed by atoms with Crippen molar-refractivity contribution >= 4 is 5.69 Å². The minimum atomic E-state index is -0.309. The molecule has 1 N–H and O–H groups in total. The summed E-state index contributed by atoms with van der Waals surface area (Å²) in [5.41, 5.74) is 1.74. The van der Waals surface area contributed by atoms with Gasteiger partial charge in [0.2, 0.25) is 0 Å². The smallest absolute Gasteiger partial charge is 0.129 e. The van der Waals surface area contributed by atoms with E-state index in [0.717, 1.165) is 24.4 Å². The molecule has 1 aliphatic carbocycles. The summed E-state index contributed by atoms with van der Waals surface area (Å²) in [5.74, 6) is 1.18. The molecule has 1 aromatic rings. The van der Waals surface area contributed by atoms with Crippen LogP contribution in [0.1, 0.15) is 37.8 Å². The van der Waals surface area contributed by atoms with Crippen LogP contribution in [0.4, 0.5) is 10.1 Å². The fourth-order valence-corrected chi connectivity index (χ4v) is 2.44. The third kappa shape index (κ3) is 2.48. The van der Waals surface area contributed by atoms with Crippen molar-refractivity contribution in [3.63, 3.8) is 0 Å². The van der Waals surface area contributed by atoms with Gasteiger partial charge in [-0.05, 0) is 43.7 Å². The Bertz CT molecular complexity index is 482. The van der Waals surface area contributed by atoms with Crippen molar-refractivity contribution in [1.82, 2.24) is 0 Å². The second-order valence-electron chi connectivity index (χ2n) is 5.56. The van der Waals surface area contributed by atoms with Gasteiger partial charge >= 0.3 is 0 Å². The zero-order chi connectivity index (χ0) is 13.3. The Balaban J connectivity index is 2.07. The molecule has 0 spiro atoms. The number of nitriles is 1. The molecule has 1 fully saturated rings. The standard InChI is InChI=1S/C15H19FN2/c1-9(2)12-6-13(7-12)18-15-5-11(8-17)4-14(16)10(15)3/h4-5,9,12-13,18H,6-7H2,1-3H3. The van der Waals surface area contributed by atoms with Crippen LogP contribution in [-0.4, -0.2) is 6.04 Å². The highest BCUT2D eigenvalue weighted by Gasteiger charge is 2.31. The Labute approximate surface area is 108 Å².